The molecule has 0 radical (unpaired) electrons. The first-order chi connectivity index (χ1) is 9.61. The summed E-state index contributed by atoms with van der Waals surface area (Å²) in [6.07, 6.45) is 0.938. The third-order valence-electron chi connectivity index (χ3n) is 3.44. The molecule has 2 N–H and O–H groups in total. The predicted molar refractivity (Wildman–Crippen MR) is 75.7 cm³/mol. The van der Waals surface area contributed by atoms with Crippen LogP contribution in [0.1, 0.15) is 6.92 Å². The lowest BCUT2D eigenvalue weighted by Crippen LogP contribution is -2.39. The lowest BCUT2D eigenvalue weighted by atomic mass is 10.1. The number of nitrogens with one attached hydrogen (secondary N) is 2. The molecule has 0 spiro atoms. The number of sulfonamides is 1. The Bertz CT molecular complexity index is 747. The minimum absolute atomic E-state index is 0.0703. The highest BCUT2D eigenvalue weighted by atomic mass is 32.2. The summed E-state index contributed by atoms with van der Waals surface area (Å²) >= 11 is 0. The Kier molecular flexibility index (Phi) is 4.39. The Hall–Kier alpha value is -1.03. The summed E-state index contributed by atoms with van der Waals surface area (Å²) in [6, 6.07) is 2.39. The van der Waals surface area contributed by atoms with Crippen LogP contribution in [-0.4, -0.2) is 42.2 Å². The van der Waals surface area contributed by atoms with Gasteiger partial charge in [0.05, 0.1) is 4.90 Å². The number of sulfone groups is 1. The first-order valence-electron chi connectivity index (χ1n) is 6.34. The Morgan fingerprint density at radius 1 is 1.24 bits per heavy atom. The number of benzene rings is 1. The largest absolute Gasteiger partial charge is 0.315 e. The number of rotatable bonds is 4. The maximum atomic E-state index is 13.8. The molecular formula is C12H17FN2O4S2. The van der Waals surface area contributed by atoms with E-state index in [1.807, 2.05) is 6.92 Å². The Morgan fingerprint density at radius 2 is 1.90 bits per heavy atom. The molecule has 0 bridgehead atoms. The van der Waals surface area contributed by atoms with Gasteiger partial charge in [0, 0.05) is 18.8 Å². The minimum atomic E-state index is -4.12. The highest BCUT2D eigenvalue weighted by molar-refractivity contribution is 7.91. The van der Waals surface area contributed by atoms with Crippen LogP contribution < -0.4 is 10.0 Å². The summed E-state index contributed by atoms with van der Waals surface area (Å²) in [5.74, 6) is -0.908. The summed E-state index contributed by atoms with van der Waals surface area (Å²) in [5, 5.41) is 3.03. The molecule has 118 valence electrons. The molecule has 0 aliphatic carbocycles. The van der Waals surface area contributed by atoms with Crippen molar-refractivity contribution in [2.24, 2.45) is 5.92 Å². The SMILES string of the molecule is CC1CNCC1NS(=O)(=O)c1cc(S(C)(=O)=O)ccc1F. The van der Waals surface area contributed by atoms with E-state index in [-0.39, 0.29) is 16.9 Å². The van der Waals surface area contributed by atoms with Crippen LogP contribution in [0.4, 0.5) is 4.39 Å². The molecule has 1 aliphatic rings. The molecule has 9 heteroatoms. The van der Waals surface area contributed by atoms with Crippen molar-refractivity contribution in [1.82, 2.24) is 10.0 Å². The van der Waals surface area contributed by atoms with E-state index >= 15 is 0 Å². The van der Waals surface area contributed by atoms with Gasteiger partial charge < -0.3 is 5.32 Å². The van der Waals surface area contributed by atoms with Gasteiger partial charge >= 0.3 is 0 Å². The zero-order valence-electron chi connectivity index (χ0n) is 11.6. The molecule has 0 saturated carbocycles. The van der Waals surface area contributed by atoms with Crippen LogP contribution in [0.3, 0.4) is 0 Å². The Balaban J connectivity index is 2.40. The van der Waals surface area contributed by atoms with Gasteiger partial charge in [-0.05, 0) is 30.7 Å². The van der Waals surface area contributed by atoms with Crippen molar-refractivity contribution in [3.63, 3.8) is 0 Å². The van der Waals surface area contributed by atoms with E-state index in [0.29, 0.717) is 13.1 Å². The lowest BCUT2D eigenvalue weighted by molar-refractivity contribution is 0.497. The molecule has 0 amide bonds. The molecule has 2 atom stereocenters. The topological polar surface area (TPSA) is 92.3 Å². The summed E-state index contributed by atoms with van der Waals surface area (Å²) in [6.45, 7) is 2.99. The Labute approximate surface area is 123 Å². The van der Waals surface area contributed by atoms with Crippen LogP contribution in [0, 0.1) is 11.7 Å². The van der Waals surface area contributed by atoms with Gasteiger partial charge in [-0.1, -0.05) is 6.92 Å². The zero-order valence-corrected chi connectivity index (χ0v) is 13.3. The summed E-state index contributed by atoms with van der Waals surface area (Å²) < 4.78 is 63.7. The zero-order chi connectivity index (χ0) is 15.8. The number of hydrogen-bond donors (Lipinski definition) is 2. The van der Waals surface area contributed by atoms with Crippen molar-refractivity contribution < 1.29 is 21.2 Å². The van der Waals surface area contributed by atoms with Crippen molar-refractivity contribution in [3.8, 4) is 0 Å². The van der Waals surface area contributed by atoms with Crippen molar-refractivity contribution >= 4 is 19.9 Å². The summed E-state index contributed by atoms with van der Waals surface area (Å²) in [5.41, 5.74) is 0. The van der Waals surface area contributed by atoms with Gasteiger partial charge in [-0.3, -0.25) is 0 Å². The van der Waals surface area contributed by atoms with Crippen molar-refractivity contribution in [2.75, 3.05) is 19.3 Å². The first kappa shape index (κ1) is 16.3. The smallest absolute Gasteiger partial charge is 0.243 e. The van der Waals surface area contributed by atoms with Gasteiger partial charge in [0.1, 0.15) is 10.7 Å². The maximum Gasteiger partial charge on any atom is 0.243 e. The van der Waals surface area contributed by atoms with Gasteiger partial charge in [0.15, 0.2) is 9.84 Å². The fourth-order valence-corrected chi connectivity index (χ4v) is 4.32. The highest BCUT2D eigenvalue weighted by Gasteiger charge is 2.30. The minimum Gasteiger partial charge on any atom is -0.315 e. The Morgan fingerprint density at radius 3 is 2.43 bits per heavy atom. The molecule has 21 heavy (non-hydrogen) atoms. The molecular weight excluding hydrogens is 319 g/mol. The average Bonchev–Trinajstić information content (AvgIpc) is 2.73. The van der Waals surface area contributed by atoms with Gasteiger partial charge in [0.2, 0.25) is 10.0 Å². The molecule has 1 aromatic carbocycles. The van der Waals surface area contributed by atoms with Gasteiger partial charge in [-0.15, -0.1) is 0 Å². The third kappa shape index (κ3) is 3.60. The lowest BCUT2D eigenvalue weighted by Gasteiger charge is -2.17. The molecule has 2 unspecified atom stereocenters. The van der Waals surface area contributed by atoms with Crippen molar-refractivity contribution in [2.45, 2.75) is 22.8 Å². The van der Waals surface area contributed by atoms with E-state index in [9.17, 15) is 21.2 Å². The molecule has 6 nitrogen and oxygen atoms in total. The van der Waals surface area contributed by atoms with E-state index in [1.54, 1.807) is 0 Å². The van der Waals surface area contributed by atoms with Crippen LogP contribution in [0.15, 0.2) is 28.0 Å². The van der Waals surface area contributed by atoms with E-state index in [1.165, 1.54) is 0 Å². The summed E-state index contributed by atoms with van der Waals surface area (Å²) in [7, 11) is -7.73. The quantitative estimate of drug-likeness (QED) is 0.762. The third-order valence-corrected chi connectivity index (χ3v) is 6.06. The van der Waals surface area contributed by atoms with Crippen LogP contribution in [-0.2, 0) is 19.9 Å². The molecule has 1 saturated heterocycles. The number of halogens is 1. The van der Waals surface area contributed by atoms with Crippen LogP contribution in [0.2, 0.25) is 0 Å². The second kappa shape index (κ2) is 5.64. The first-order valence-corrected chi connectivity index (χ1v) is 9.71. The van der Waals surface area contributed by atoms with Crippen LogP contribution in [0.25, 0.3) is 0 Å². The highest BCUT2D eigenvalue weighted by Crippen LogP contribution is 2.21. The predicted octanol–water partition coefficient (Wildman–Crippen LogP) is 0.115. The van der Waals surface area contributed by atoms with Gasteiger partial charge in [0.25, 0.3) is 0 Å². The normalized spacial score (nSPS) is 23.4. The van der Waals surface area contributed by atoms with Crippen molar-refractivity contribution in [1.29, 1.82) is 0 Å². The van der Waals surface area contributed by atoms with Gasteiger partial charge in [-0.2, -0.15) is 0 Å². The molecule has 2 rings (SSSR count). The van der Waals surface area contributed by atoms with Crippen LogP contribution in [0.5, 0.6) is 0 Å². The maximum absolute atomic E-state index is 13.8. The second-order valence-corrected chi connectivity index (χ2v) is 8.93. The molecule has 1 fully saturated rings. The van der Waals surface area contributed by atoms with E-state index < -0.39 is 30.6 Å². The fraction of sp³-hybridized carbons (Fsp3) is 0.500. The summed E-state index contributed by atoms with van der Waals surface area (Å²) in [4.78, 5) is -0.883. The fourth-order valence-electron chi connectivity index (χ4n) is 2.15. The standard InChI is InChI=1S/C12H17FN2O4S2/c1-8-6-14-7-11(8)15-21(18,19)12-5-9(20(2,16)17)3-4-10(12)13/h3-5,8,11,14-15H,6-7H2,1-2H3. The molecule has 1 heterocycles. The molecule has 1 aliphatic heterocycles. The van der Waals surface area contributed by atoms with E-state index in [0.717, 1.165) is 24.5 Å². The monoisotopic (exact) mass is 336 g/mol. The second-order valence-electron chi connectivity index (χ2n) is 5.23. The van der Waals surface area contributed by atoms with E-state index in [4.69, 9.17) is 0 Å². The number of hydrogen-bond acceptors (Lipinski definition) is 5. The van der Waals surface area contributed by atoms with Crippen molar-refractivity contribution in [3.05, 3.63) is 24.0 Å². The van der Waals surface area contributed by atoms with Crippen LogP contribution >= 0.6 is 0 Å². The van der Waals surface area contributed by atoms with E-state index in [2.05, 4.69) is 10.0 Å². The molecule has 0 aromatic heterocycles. The molecule has 1 aromatic rings. The van der Waals surface area contributed by atoms with Gasteiger partial charge in [-0.25, -0.2) is 25.9 Å². The average molecular weight is 336 g/mol.